The van der Waals surface area contributed by atoms with Crippen molar-refractivity contribution in [2.24, 2.45) is 0 Å². The van der Waals surface area contributed by atoms with Gasteiger partial charge in [-0.15, -0.1) is 0 Å². The molecule has 1 aromatic rings. The zero-order chi connectivity index (χ0) is 13.9. The number of rotatable bonds is 4. The van der Waals surface area contributed by atoms with Crippen molar-refractivity contribution in [3.05, 3.63) is 23.9 Å². The van der Waals surface area contributed by atoms with Crippen molar-refractivity contribution >= 4 is 17.8 Å². The van der Waals surface area contributed by atoms with Crippen molar-refractivity contribution in [1.29, 1.82) is 0 Å². The SMILES string of the molecule is COC(=O)c1cccnc1NC1(C(=O)O)CCOC1. The van der Waals surface area contributed by atoms with E-state index in [0.29, 0.717) is 13.0 Å². The van der Waals surface area contributed by atoms with Gasteiger partial charge in [0.25, 0.3) is 0 Å². The summed E-state index contributed by atoms with van der Waals surface area (Å²) < 4.78 is 9.77. The maximum Gasteiger partial charge on any atom is 0.341 e. The summed E-state index contributed by atoms with van der Waals surface area (Å²) in [6.07, 6.45) is 1.78. The minimum Gasteiger partial charge on any atom is -0.479 e. The Kier molecular flexibility index (Phi) is 3.66. The van der Waals surface area contributed by atoms with Crippen LogP contribution in [0.5, 0.6) is 0 Å². The highest BCUT2D eigenvalue weighted by Gasteiger charge is 2.43. The van der Waals surface area contributed by atoms with Crippen LogP contribution in [0, 0.1) is 0 Å². The average Bonchev–Trinajstić information content (AvgIpc) is 2.88. The highest BCUT2D eigenvalue weighted by molar-refractivity contribution is 5.95. The first kappa shape index (κ1) is 13.3. The number of carbonyl (C=O) groups excluding carboxylic acids is 1. The third-order valence-corrected chi connectivity index (χ3v) is 3.00. The maximum absolute atomic E-state index is 11.6. The Morgan fingerprint density at radius 1 is 1.58 bits per heavy atom. The molecule has 1 aliphatic rings. The monoisotopic (exact) mass is 266 g/mol. The molecule has 0 amide bonds. The number of carboxylic acids is 1. The summed E-state index contributed by atoms with van der Waals surface area (Å²) in [4.78, 5) is 27.0. The van der Waals surface area contributed by atoms with Gasteiger partial charge in [-0.25, -0.2) is 14.6 Å². The molecule has 7 heteroatoms. The number of pyridine rings is 1. The van der Waals surface area contributed by atoms with E-state index in [1.807, 2.05) is 0 Å². The van der Waals surface area contributed by atoms with Gasteiger partial charge in [0.15, 0.2) is 5.54 Å². The molecule has 102 valence electrons. The highest BCUT2D eigenvalue weighted by Crippen LogP contribution is 2.25. The first-order valence-electron chi connectivity index (χ1n) is 5.72. The van der Waals surface area contributed by atoms with Gasteiger partial charge < -0.3 is 19.9 Å². The summed E-state index contributed by atoms with van der Waals surface area (Å²) in [5.41, 5.74) is -1.06. The van der Waals surface area contributed by atoms with E-state index in [-0.39, 0.29) is 18.0 Å². The van der Waals surface area contributed by atoms with E-state index < -0.39 is 17.5 Å². The molecule has 19 heavy (non-hydrogen) atoms. The van der Waals surface area contributed by atoms with Crippen LogP contribution in [-0.2, 0) is 14.3 Å². The Bertz CT molecular complexity index is 497. The summed E-state index contributed by atoms with van der Waals surface area (Å²) in [6.45, 7) is 0.374. The zero-order valence-corrected chi connectivity index (χ0v) is 10.4. The van der Waals surface area contributed by atoms with Crippen LogP contribution in [0.2, 0.25) is 0 Å². The van der Waals surface area contributed by atoms with Crippen LogP contribution >= 0.6 is 0 Å². The van der Waals surface area contributed by atoms with Gasteiger partial charge in [-0.05, 0) is 12.1 Å². The van der Waals surface area contributed by atoms with Gasteiger partial charge in [-0.2, -0.15) is 0 Å². The van der Waals surface area contributed by atoms with E-state index in [0.717, 1.165) is 0 Å². The van der Waals surface area contributed by atoms with Gasteiger partial charge in [-0.3, -0.25) is 0 Å². The molecule has 7 nitrogen and oxygen atoms in total. The summed E-state index contributed by atoms with van der Waals surface area (Å²) in [5, 5.41) is 12.1. The van der Waals surface area contributed by atoms with Crippen LogP contribution < -0.4 is 5.32 Å². The van der Waals surface area contributed by atoms with Crippen LogP contribution in [0.1, 0.15) is 16.8 Å². The van der Waals surface area contributed by atoms with E-state index in [2.05, 4.69) is 15.0 Å². The molecular formula is C12H14N2O5. The van der Waals surface area contributed by atoms with E-state index in [4.69, 9.17) is 4.74 Å². The van der Waals surface area contributed by atoms with E-state index in [9.17, 15) is 14.7 Å². The second-order valence-corrected chi connectivity index (χ2v) is 4.21. The average molecular weight is 266 g/mol. The Labute approximate surface area is 109 Å². The molecular weight excluding hydrogens is 252 g/mol. The summed E-state index contributed by atoms with van der Waals surface area (Å²) in [6, 6.07) is 3.10. The molecule has 1 aromatic heterocycles. The highest BCUT2D eigenvalue weighted by atomic mass is 16.5. The third kappa shape index (κ3) is 2.50. The largest absolute Gasteiger partial charge is 0.479 e. The predicted octanol–water partition coefficient (Wildman–Crippen LogP) is 0.524. The second kappa shape index (κ2) is 5.23. The molecule has 1 atom stereocenters. The topological polar surface area (TPSA) is 97.8 Å². The molecule has 2 rings (SSSR count). The standard InChI is InChI=1S/C12H14N2O5/c1-18-10(15)8-3-2-5-13-9(8)14-12(11(16)17)4-6-19-7-12/h2-3,5H,4,6-7H2,1H3,(H,13,14)(H,16,17). The maximum atomic E-state index is 11.6. The molecule has 0 radical (unpaired) electrons. The van der Waals surface area contributed by atoms with Crippen molar-refractivity contribution in [2.45, 2.75) is 12.0 Å². The van der Waals surface area contributed by atoms with Crippen molar-refractivity contribution in [3.8, 4) is 0 Å². The molecule has 0 aliphatic carbocycles. The number of hydrogen-bond donors (Lipinski definition) is 2. The zero-order valence-electron chi connectivity index (χ0n) is 10.4. The van der Waals surface area contributed by atoms with Crippen molar-refractivity contribution in [2.75, 3.05) is 25.6 Å². The number of methoxy groups -OCH3 is 1. The van der Waals surface area contributed by atoms with Gasteiger partial charge in [0, 0.05) is 19.2 Å². The first-order chi connectivity index (χ1) is 9.09. The number of hydrogen-bond acceptors (Lipinski definition) is 6. The lowest BCUT2D eigenvalue weighted by molar-refractivity contribution is -0.142. The number of nitrogens with one attached hydrogen (secondary N) is 1. The third-order valence-electron chi connectivity index (χ3n) is 3.00. The number of carbonyl (C=O) groups is 2. The van der Waals surface area contributed by atoms with Crippen LogP contribution in [0.25, 0.3) is 0 Å². The fourth-order valence-corrected chi connectivity index (χ4v) is 1.89. The minimum atomic E-state index is -1.25. The number of nitrogens with zero attached hydrogens (tertiary/aromatic N) is 1. The molecule has 1 aliphatic heterocycles. The summed E-state index contributed by atoms with van der Waals surface area (Å²) >= 11 is 0. The molecule has 0 aromatic carbocycles. The minimum absolute atomic E-state index is 0.0273. The molecule has 0 bridgehead atoms. The fourth-order valence-electron chi connectivity index (χ4n) is 1.89. The molecule has 1 fully saturated rings. The lowest BCUT2D eigenvalue weighted by Gasteiger charge is -2.25. The fraction of sp³-hybridized carbons (Fsp3) is 0.417. The lowest BCUT2D eigenvalue weighted by atomic mass is 9.98. The van der Waals surface area contributed by atoms with Crippen molar-refractivity contribution in [3.63, 3.8) is 0 Å². The number of aliphatic carboxylic acids is 1. The van der Waals surface area contributed by atoms with Crippen molar-refractivity contribution in [1.82, 2.24) is 4.98 Å². The van der Waals surface area contributed by atoms with Crippen LogP contribution in [0.3, 0.4) is 0 Å². The number of esters is 1. The van der Waals surface area contributed by atoms with Crippen molar-refractivity contribution < 1.29 is 24.2 Å². The summed E-state index contributed by atoms with van der Waals surface area (Å²) in [7, 11) is 1.25. The number of anilines is 1. The first-order valence-corrected chi connectivity index (χ1v) is 5.72. The lowest BCUT2D eigenvalue weighted by Crippen LogP contribution is -2.47. The molecule has 2 N–H and O–H groups in total. The second-order valence-electron chi connectivity index (χ2n) is 4.21. The van der Waals surface area contributed by atoms with Gasteiger partial charge in [-0.1, -0.05) is 0 Å². The molecule has 1 saturated heterocycles. The number of carboxylic acid groups (broad SMARTS) is 1. The van der Waals surface area contributed by atoms with E-state index >= 15 is 0 Å². The smallest absolute Gasteiger partial charge is 0.341 e. The molecule has 0 saturated carbocycles. The molecule has 1 unspecified atom stereocenters. The molecule has 2 heterocycles. The van der Waals surface area contributed by atoms with Crippen LogP contribution in [0.4, 0.5) is 5.82 Å². The molecule has 0 spiro atoms. The Morgan fingerprint density at radius 3 is 2.95 bits per heavy atom. The van der Waals surface area contributed by atoms with E-state index in [1.165, 1.54) is 19.4 Å². The van der Waals surface area contributed by atoms with Crippen LogP contribution in [-0.4, -0.2) is 47.9 Å². The van der Waals surface area contributed by atoms with Gasteiger partial charge >= 0.3 is 11.9 Å². The predicted molar refractivity (Wildman–Crippen MR) is 65.0 cm³/mol. The van der Waals surface area contributed by atoms with Crippen LogP contribution in [0.15, 0.2) is 18.3 Å². The Morgan fingerprint density at radius 2 is 2.37 bits per heavy atom. The van der Waals surface area contributed by atoms with Gasteiger partial charge in [0.1, 0.15) is 11.4 Å². The number of aromatic nitrogens is 1. The van der Waals surface area contributed by atoms with Gasteiger partial charge in [0.05, 0.1) is 13.7 Å². The number of ether oxygens (including phenoxy) is 2. The quantitative estimate of drug-likeness (QED) is 0.767. The van der Waals surface area contributed by atoms with Gasteiger partial charge in [0.2, 0.25) is 0 Å². The Hall–Kier alpha value is -2.15. The normalized spacial score (nSPS) is 21.9. The Balaban J connectivity index is 2.32. The van der Waals surface area contributed by atoms with E-state index in [1.54, 1.807) is 6.07 Å². The summed E-state index contributed by atoms with van der Waals surface area (Å²) in [5.74, 6) is -1.43.